The van der Waals surface area contributed by atoms with Crippen LogP contribution in [0.1, 0.15) is 19.5 Å². The summed E-state index contributed by atoms with van der Waals surface area (Å²) in [7, 11) is -2.54. The summed E-state index contributed by atoms with van der Waals surface area (Å²) < 4.78 is 33.0. The molecule has 9 heteroatoms. The fourth-order valence-electron chi connectivity index (χ4n) is 2.35. The fourth-order valence-corrected chi connectivity index (χ4v) is 3.18. The molecule has 1 aromatic heterocycles. The fraction of sp³-hybridized carbons (Fsp3) is 0.667. The molecule has 1 aromatic rings. The molecule has 21 heavy (non-hydrogen) atoms. The lowest BCUT2D eigenvalue weighted by molar-refractivity contribution is 0.0752. The molecule has 2 heterocycles. The van der Waals surface area contributed by atoms with Gasteiger partial charge in [-0.3, -0.25) is 4.18 Å². The Hall–Kier alpha value is -0.960. The van der Waals surface area contributed by atoms with Gasteiger partial charge in [0.15, 0.2) is 0 Å². The first-order valence-electron chi connectivity index (χ1n) is 6.50. The number of aromatic nitrogens is 2. The molecule has 0 amide bonds. The first kappa shape index (κ1) is 16.4. The number of morpholine rings is 1. The van der Waals surface area contributed by atoms with E-state index in [1.165, 1.54) is 0 Å². The minimum atomic E-state index is -3.66. The number of halogens is 1. The lowest BCUT2D eigenvalue weighted by Crippen LogP contribution is -2.50. The van der Waals surface area contributed by atoms with Crippen LogP contribution in [0.2, 0.25) is 5.28 Å². The van der Waals surface area contributed by atoms with Crippen molar-refractivity contribution in [3.63, 3.8) is 0 Å². The number of anilines is 1. The van der Waals surface area contributed by atoms with Gasteiger partial charge in [0.25, 0.3) is 10.1 Å². The summed E-state index contributed by atoms with van der Waals surface area (Å²) in [5.41, 5.74) is 0.303. The molecular weight excluding hydrogens is 318 g/mol. The monoisotopic (exact) mass is 335 g/mol. The molecule has 0 bridgehead atoms. The van der Waals surface area contributed by atoms with Crippen LogP contribution in [0.15, 0.2) is 6.07 Å². The van der Waals surface area contributed by atoms with Crippen molar-refractivity contribution in [2.45, 2.75) is 31.7 Å². The van der Waals surface area contributed by atoms with Gasteiger partial charge in [-0.15, -0.1) is 0 Å². The molecule has 1 fully saturated rings. The second-order valence-corrected chi connectivity index (χ2v) is 7.07. The van der Waals surface area contributed by atoms with Crippen LogP contribution >= 0.6 is 11.6 Å². The van der Waals surface area contributed by atoms with Crippen molar-refractivity contribution in [3.05, 3.63) is 17.0 Å². The van der Waals surface area contributed by atoms with Crippen molar-refractivity contribution < 1.29 is 17.3 Å². The van der Waals surface area contributed by atoms with Gasteiger partial charge in [0.05, 0.1) is 38.1 Å². The molecule has 0 spiro atoms. The van der Waals surface area contributed by atoms with Crippen molar-refractivity contribution in [3.8, 4) is 0 Å². The summed E-state index contributed by atoms with van der Waals surface area (Å²) in [5, 5.41) is 0.0136. The molecule has 0 N–H and O–H groups in total. The molecule has 0 aromatic carbocycles. The maximum absolute atomic E-state index is 11.5. The second-order valence-electron chi connectivity index (χ2n) is 5.00. The van der Waals surface area contributed by atoms with Crippen molar-refractivity contribution in [2.24, 2.45) is 0 Å². The largest absolute Gasteiger partial charge is 0.377 e. The molecule has 118 valence electrons. The van der Waals surface area contributed by atoms with E-state index in [0.717, 1.165) is 7.11 Å². The summed E-state index contributed by atoms with van der Waals surface area (Å²) in [6.07, 6.45) is 0. The van der Waals surface area contributed by atoms with E-state index >= 15 is 0 Å². The highest BCUT2D eigenvalue weighted by atomic mass is 35.5. The highest BCUT2D eigenvalue weighted by Gasteiger charge is 2.27. The first-order valence-corrected chi connectivity index (χ1v) is 8.46. The van der Waals surface area contributed by atoms with Gasteiger partial charge in [0, 0.05) is 6.07 Å². The molecule has 1 aliphatic heterocycles. The van der Waals surface area contributed by atoms with Crippen LogP contribution in [0.25, 0.3) is 0 Å². The van der Waals surface area contributed by atoms with Crippen molar-refractivity contribution in [1.82, 2.24) is 9.97 Å². The standard InChI is InChI=1S/C12H18ClN3O4S/c1-8-5-20-6-9(2)16(8)11-4-10(14-12(13)15-11)7-21(17,18)19-3/h4,8-9H,5-7H2,1-3H3/t8-,9-/m0/s1. The summed E-state index contributed by atoms with van der Waals surface area (Å²) in [5.74, 6) is 0.255. The molecular formula is C12H18ClN3O4S. The smallest absolute Gasteiger partial charge is 0.272 e. The Kier molecular flexibility index (Phi) is 5.03. The number of ether oxygens (including phenoxy) is 1. The Labute approximate surface area is 129 Å². The van der Waals surface area contributed by atoms with Gasteiger partial charge < -0.3 is 9.64 Å². The molecule has 1 aliphatic rings. The second kappa shape index (κ2) is 6.43. The van der Waals surface area contributed by atoms with E-state index in [2.05, 4.69) is 19.1 Å². The Bertz CT molecular complexity index is 601. The normalized spacial score (nSPS) is 23.3. The third-order valence-corrected chi connectivity index (χ3v) is 4.58. The lowest BCUT2D eigenvalue weighted by atomic mass is 10.1. The molecule has 1 saturated heterocycles. The average Bonchev–Trinajstić information content (AvgIpc) is 2.37. The topological polar surface area (TPSA) is 81.6 Å². The molecule has 0 saturated carbocycles. The SMILES string of the molecule is COS(=O)(=O)Cc1cc(N2[C@@H](C)COC[C@@H]2C)nc(Cl)n1. The van der Waals surface area contributed by atoms with Crippen LogP contribution in [-0.4, -0.2) is 50.8 Å². The molecule has 0 unspecified atom stereocenters. The number of nitrogens with zero attached hydrogens (tertiary/aromatic N) is 3. The van der Waals surface area contributed by atoms with E-state index in [1.54, 1.807) is 6.07 Å². The van der Waals surface area contributed by atoms with E-state index in [1.807, 2.05) is 13.8 Å². The maximum Gasteiger partial charge on any atom is 0.272 e. The predicted molar refractivity (Wildman–Crippen MR) is 78.9 cm³/mol. The zero-order valence-electron chi connectivity index (χ0n) is 12.1. The predicted octanol–water partition coefficient (Wildman–Crippen LogP) is 1.22. The van der Waals surface area contributed by atoms with E-state index < -0.39 is 10.1 Å². The first-order chi connectivity index (χ1) is 9.82. The van der Waals surface area contributed by atoms with E-state index in [-0.39, 0.29) is 23.1 Å². The summed E-state index contributed by atoms with van der Waals surface area (Å²) in [6, 6.07) is 1.86. The lowest BCUT2D eigenvalue weighted by Gasteiger charge is -2.39. The van der Waals surface area contributed by atoms with Crippen LogP contribution in [0.4, 0.5) is 5.82 Å². The number of hydrogen-bond donors (Lipinski definition) is 0. The van der Waals surface area contributed by atoms with Gasteiger partial charge >= 0.3 is 0 Å². The van der Waals surface area contributed by atoms with Gasteiger partial charge in [0.1, 0.15) is 11.6 Å². The molecule has 7 nitrogen and oxygen atoms in total. The van der Waals surface area contributed by atoms with Crippen molar-refractivity contribution in [1.29, 1.82) is 0 Å². The van der Waals surface area contributed by atoms with Crippen molar-refractivity contribution in [2.75, 3.05) is 25.2 Å². The van der Waals surface area contributed by atoms with E-state index in [0.29, 0.717) is 24.7 Å². The van der Waals surface area contributed by atoms with Crippen molar-refractivity contribution >= 4 is 27.5 Å². The minimum absolute atomic E-state index is 0.0136. The summed E-state index contributed by atoms with van der Waals surface area (Å²) in [6.45, 7) is 5.18. The molecule has 0 radical (unpaired) electrons. The van der Waals surface area contributed by atoms with Crippen LogP contribution < -0.4 is 4.90 Å². The minimum Gasteiger partial charge on any atom is -0.377 e. The quantitative estimate of drug-likeness (QED) is 0.604. The molecule has 0 aliphatic carbocycles. The zero-order chi connectivity index (χ0) is 15.6. The highest BCUT2D eigenvalue weighted by Crippen LogP contribution is 2.24. The van der Waals surface area contributed by atoms with Gasteiger partial charge in [0.2, 0.25) is 5.28 Å². The summed E-state index contributed by atoms with van der Waals surface area (Å²) in [4.78, 5) is 10.2. The molecule has 2 rings (SSSR count). The Balaban J connectivity index is 2.34. The van der Waals surface area contributed by atoms with Crippen LogP contribution in [0.3, 0.4) is 0 Å². The van der Waals surface area contributed by atoms with Crippen LogP contribution in [0.5, 0.6) is 0 Å². The van der Waals surface area contributed by atoms with Gasteiger partial charge in [-0.05, 0) is 25.4 Å². The van der Waals surface area contributed by atoms with Crippen LogP contribution in [-0.2, 0) is 24.8 Å². The number of hydrogen-bond acceptors (Lipinski definition) is 7. The maximum atomic E-state index is 11.5. The molecule has 2 atom stereocenters. The Morgan fingerprint density at radius 2 is 2.00 bits per heavy atom. The third-order valence-electron chi connectivity index (χ3n) is 3.25. The third kappa shape index (κ3) is 4.03. The Morgan fingerprint density at radius 3 is 2.57 bits per heavy atom. The van der Waals surface area contributed by atoms with Gasteiger partial charge in [-0.2, -0.15) is 8.42 Å². The number of rotatable bonds is 4. The van der Waals surface area contributed by atoms with E-state index in [4.69, 9.17) is 16.3 Å². The Morgan fingerprint density at radius 1 is 1.38 bits per heavy atom. The zero-order valence-corrected chi connectivity index (χ0v) is 13.7. The average molecular weight is 336 g/mol. The summed E-state index contributed by atoms with van der Waals surface area (Å²) >= 11 is 5.92. The highest BCUT2D eigenvalue weighted by molar-refractivity contribution is 7.85. The van der Waals surface area contributed by atoms with Gasteiger partial charge in [-0.25, -0.2) is 9.97 Å². The van der Waals surface area contributed by atoms with E-state index in [9.17, 15) is 8.42 Å². The van der Waals surface area contributed by atoms with Gasteiger partial charge in [-0.1, -0.05) is 0 Å². The van der Waals surface area contributed by atoms with Crippen LogP contribution in [0, 0.1) is 0 Å².